The van der Waals surface area contributed by atoms with Crippen molar-refractivity contribution in [2.45, 2.75) is 40.0 Å². The van der Waals surface area contributed by atoms with Gasteiger partial charge in [0.05, 0.1) is 0 Å². The predicted molar refractivity (Wildman–Crippen MR) is 69.4 cm³/mol. The van der Waals surface area contributed by atoms with E-state index in [1.54, 1.807) is 4.90 Å². The van der Waals surface area contributed by atoms with Crippen molar-refractivity contribution in [3.63, 3.8) is 0 Å². The molecule has 5 heteroatoms. The van der Waals surface area contributed by atoms with Crippen LogP contribution in [0.2, 0.25) is 0 Å². The van der Waals surface area contributed by atoms with E-state index in [-0.39, 0.29) is 17.9 Å². The van der Waals surface area contributed by atoms with Gasteiger partial charge in [-0.3, -0.25) is 4.79 Å². The molecule has 0 bridgehead atoms. The number of carbonyl (C=O) groups is 2. The molecule has 1 atom stereocenters. The number of hydrogen-bond donors (Lipinski definition) is 2. The highest BCUT2D eigenvalue weighted by atomic mass is 16.4. The average molecular weight is 256 g/mol. The zero-order valence-electron chi connectivity index (χ0n) is 11.5. The fraction of sp³-hybridized carbons (Fsp3) is 0.846. The molecular weight excluding hydrogens is 232 g/mol. The molecule has 1 fully saturated rings. The van der Waals surface area contributed by atoms with E-state index in [4.69, 9.17) is 5.11 Å². The van der Waals surface area contributed by atoms with Crippen LogP contribution in [0.3, 0.4) is 0 Å². The third-order valence-corrected chi connectivity index (χ3v) is 3.62. The third-order valence-electron chi connectivity index (χ3n) is 3.62. The number of aliphatic carboxylic acids is 1. The lowest BCUT2D eigenvalue weighted by atomic mass is 9.76. The first-order chi connectivity index (χ1) is 8.30. The van der Waals surface area contributed by atoms with Crippen LogP contribution in [0.5, 0.6) is 0 Å². The Kier molecular flexibility index (Phi) is 4.99. The van der Waals surface area contributed by atoms with Crippen molar-refractivity contribution in [1.29, 1.82) is 0 Å². The van der Waals surface area contributed by atoms with E-state index in [1.165, 1.54) is 0 Å². The summed E-state index contributed by atoms with van der Waals surface area (Å²) in [6.45, 7) is 8.58. The second kappa shape index (κ2) is 6.07. The molecule has 1 saturated heterocycles. The van der Waals surface area contributed by atoms with Gasteiger partial charge in [0, 0.05) is 26.1 Å². The normalized spacial score (nSPS) is 17.7. The van der Waals surface area contributed by atoms with Gasteiger partial charge in [-0.2, -0.15) is 0 Å². The lowest BCUT2D eigenvalue weighted by Crippen LogP contribution is -2.32. The molecule has 2 N–H and O–H groups in total. The van der Waals surface area contributed by atoms with E-state index < -0.39 is 5.97 Å². The van der Waals surface area contributed by atoms with Crippen LogP contribution in [-0.2, 0) is 4.79 Å². The van der Waals surface area contributed by atoms with Crippen LogP contribution in [0, 0.1) is 11.3 Å². The van der Waals surface area contributed by atoms with Gasteiger partial charge in [0.1, 0.15) is 0 Å². The summed E-state index contributed by atoms with van der Waals surface area (Å²) in [7, 11) is 0. The summed E-state index contributed by atoms with van der Waals surface area (Å²) < 4.78 is 0. The molecule has 0 aliphatic carbocycles. The molecule has 1 aliphatic heterocycles. The highest BCUT2D eigenvalue weighted by Crippen LogP contribution is 2.32. The van der Waals surface area contributed by atoms with E-state index in [1.807, 2.05) is 0 Å². The second-order valence-electron chi connectivity index (χ2n) is 6.00. The number of urea groups is 1. The summed E-state index contributed by atoms with van der Waals surface area (Å²) in [6, 6.07) is 0.000828. The maximum atomic E-state index is 11.4. The van der Waals surface area contributed by atoms with Crippen molar-refractivity contribution in [3.05, 3.63) is 0 Å². The fourth-order valence-corrected chi connectivity index (χ4v) is 2.34. The molecule has 1 aliphatic rings. The van der Waals surface area contributed by atoms with Gasteiger partial charge in [-0.1, -0.05) is 20.8 Å². The smallest absolute Gasteiger partial charge is 0.317 e. The fourth-order valence-electron chi connectivity index (χ4n) is 2.34. The zero-order valence-corrected chi connectivity index (χ0v) is 11.5. The highest BCUT2D eigenvalue weighted by molar-refractivity contribution is 5.76. The van der Waals surface area contributed by atoms with Crippen molar-refractivity contribution in [2.75, 3.05) is 19.6 Å². The maximum Gasteiger partial charge on any atom is 0.317 e. The number of amides is 2. The van der Waals surface area contributed by atoms with Crippen molar-refractivity contribution in [2.24, 2.45) is 11.3 Å². The molecule has 104 valence electrons. The Balaban J connectivity index is 2.45. The first kappa shape index (κ1) is 14.8. The standard InChI is InChI=1S/C13H24N2O3/c1-13(2,3)10(4-5-11(16)17)6-8-15-9-7-14-12(15)18/h10H,4-9H2,1-3H3,(H,14,18)(H,16,17). The van der Waals surface area contributed by atoms with Crippen molar-refractivity contribution < 1.29 is 14.7 Å². The van der Waals surface area contributed by atoms with Crippen LogP contribution < -0.4 is 5.32 Å². The molecule has 18 heavy (non-hydrogen) atoms. The van der Waals surface area contributed by atoms with Crippen LogP contribution in [0.1, 0.15) is 40.0 Å². The number of rotatable bonds is 6. The Bertz CT molecular complexity index is 310. The number of carboxylic acid groups (broad SMARTS) is 1. The first-order valence-corrected chi connectivity index (χ1v) is 6.55. The molecular formula is C13H24N2O3. The van der Waals surface area contributed by atoms with Crippen LogP contribution in [0.15, 0.2) is 0 Å². The van der Waals surface area contributed by atoms with Gasteiger partial charge in [0.2, 0.25) is 0 Å². The van der Waals surface area contributed by atoms with Crippen molar-refractivity contribution >= 4 is 12.0 Å². The highest BCUT2D eigenvalue weighted by Gasteiger charge is 2.27. The van der Waals surface area contributed by atoms with E-state index >= 15 is 0 Å². The molecule has 0 radical (unpaired) electrons. The lowest BCUT2D eigenvalue weighted by molar-refractivity contribution is -0.137. The molecule has 5 nitrogen and oxygen atoms in total. The van der Waals surface area contributed by atoms with Crippen molar-refractivity contribution in [1.82, 2.24) is 10.2 Å². The molecule has 0 saturated carbocycles. The molecule has 1 unspecified atom stereocenters. The van der Waals surface area contributed by atoms with Gasteiger partial charge in [0.25, 0.3) is 0 Å². The Morgan fingerprint density at radius 1 is 1.44 bits per heavy atom. The summed E-state index contributed by atoms with van der Waals surface area (Å²) in [5.41, 5.74) is 0.0751. The van der Waals surface area contributed by atoms with E-state index in [0.717, 1.165) is 13.0 Å². The Morgan fingerprint density at radius 3 is 2.56 bits per heavy atom. The molecule has 0 aromatic rings. The largest absolute Gasteiger partial charge is 0.481 e. The minimum atomic E-state index is -0.747. The van der Waals surface area contributed by atoms with Gasteiger partial charge in [0.15, 0.2) is 0 Å². The number of carboxylic acids is 1. The molecule has 0 aromatic carbocycles. The lowest BCUT2D eigenvalue weighted by Gasteiger charge is -2.31. The maximum absolute atomic E-state index is 11.4. The van der Waals surface area contributed by atoms with E-state index in [0.29, 0.717) is 25.4 Å². The Morgan fingerprint density at radius 2 is 2.11 bits per heavy atom. The summed E-state index contributed by atoms with van der Waals surface area (Å²) in [5.74, 6) is -0.426. The van der Waals surface area contributed by atoms with Crippen molar-refractivity contribution in [3.8, 4) is 0 Å². The van der Waals surface area contributed by atoms with Gasteiger partial charge < -0.3 is 15.3 Å². The monoisotopic (exact) mass is 256 g/mol. The predicted octanol–water partition coefficient (Wildman–Crippen LogP) is 1.93. The minimum Gasteiger partial charge on any atom is -0.481 e. The first-order valence-electron chi connectivity index (χ1n) is 6.55. The quantitative estimate of drug-likeness (QED) is 0.763. The van der Waals surface area contributed by atoms with Crippen LogP contribution in [0.4, 0.5) is 4.79 Å². The average Bonchev–Trinajstić information content (AvgIpc) is 2.61. The Hall–Kier alpha value is -1.26. The third kappa shape index (κ3) is 4.55. The molecule has 2 amide bonds. The SMILES string of the molecule is CC(C)(C)C(CCC(=O)O)CCN1CCNC1=O. The number of nitrogens with one attached hydrogen (secondary N) is 1. The topological polar surface area (TPSA) is 69.6 Å². The summed E-state index contributed by atoms with van der Waals surface area (Å²) in [6.07, 6.45) is 1.74. The molecule has 0 spiro atoms. The number of carbonyl (C=O) groups excluding carboxylic acids is 1. The van der Waals surface area contributed by atoms with Gasteiger partial charge in [-0.25, -0.2) is 4.79 Å². The zero-order chi connectivity index (χ0) is 13.8. The minimum absolute atomic E-state index is 0.000828. The summed E-state index contributed by atoms with van der Waals surface area (Å²) >= 11 is 0. The van der Waals surface area contributed by atoms with Gasteiger partial charge >= 0.3 is 12.0 Å². The van der Waals surface area contributed by atoms with E-state index in [2.05, 4.69) is 26.1 Å². The van der Waals surface area contributed by atoms with Gasteiger partial charge in [-0.15, -0.1) is 0 Å². The molecule has 1 rings (SSSR count). The molecule has 0 aromatic heterocycles. The van der Waals surface area contributed by atoms with E-state index in [9.17, 15) is 9.59 Å². The Labute approximate surface area is 109 Å². The van der Waals surface area contributed by atoms with Gasteiger partial charge in [-0.05, 0) is 24.2 Å². The van der Waals surface area contributed by atoms with Crippen LogP contribution in [0.25, 0.3) is 0 Å². The van der Waals surface area contributed by atoms with Crippen LogP contribution in [-0.4, -0.2) is 41.6 Å². The summed E-state index contributed by atoms with van der Waals surface area (Å²) in [4.78, 5) is 23.9. The second-order valence-corrected chi connectivity index (χ2v) is 6.00. The molecule has 1 heterocycles. The van der Waals surface area contributed by atoms with Crippen LogP contribution >= 0.6 is 0 Å². The number of nitrogens with zero attached hydrogens (tertiary/aromatic N) is 1. The number of hydrogen-bond acceptors (Lipinski definition) is 2. The summed E-state index contributed by atoms with van der Waals surface area (Å²) in [5, 5.41) is 11.6.